The lowest BCUT2D eigenvalue weighted by atomic mass is 10.1. The molecule has 0 atom stereocenters. The smallest absolute Gasteiger partial charge is 0.213 e. The lowest BCUT2D eigenvalue weighted by Crippen LogP contribution is -2.46. The highest BCUT2D eigenvalue weighted by atomic mass is 32.2. The van der Waals surface area contributed by atoms with Crippen LogP contribution in [0.4, 0.5) is 0 Å². The Balaban J connectivity index is 2.23. The van der Waals surface area contributed by atoms with Crippen LogP contribution in [0.2, 0.25) is 0 Å². The van der Waals surface area contributed by atoms with Crippen molar-refractivity contribution < 1.29 is 8.42 Å². The molecule has 0 aliphatic carbocycles. The average molecular weight is 291 g/mol. The van der Waals surface area contributed by atoms with Crippen LogP contribution >= 0.6 is 0 Å². The monoisotopic (exact) mass is 291 g/mol. The van der Waals surface area contributed by atoms with Gasteiger partial charge in [0.05, 0.1) is 5.75 Å². The highest BCUT2D eigenvalue weighted by Gasteiger charge is 2.22. The highest BCUT2D eigenvalue weighted by Crippen LogP contribution is 2.11. The van der Waals surface area contributed by atoms with Crippen LogP contribution in [0.1, 0.15) is 39.5 Å². The van der Waals surface area contributed by atoms with Gasteiger partial charge in [-0.05, 0) is 51.9 Å². The van der Waals surface area contributed by atoms with Crippen LogP contribution in [-0.2, 0) is 10.0 Å². The molecule has 5 nitrogen and oxygen atoms in total. The van der Waals surface area contributed by atoms with E-state index in [0.29, 0.717) is 6.54 Å². The molecule has 2 N–H and O–H groups in total. The molecule has 0 aromatic heterocycles. The van der Waals surface area contributed by atoms with E-state index in [1.165, 1.54) is 6.42 Å². The second kappa shape index (κ2) is 8.89. The van der Waals surface area contributed by atoms with Crippen LogP contribution in [0.3, 0.4) is 0 Å². The van der Waals surface area contributed by atoms with Gasteiger partial charge in [-0.1, -0.05) is 13.8 Å². The van der Waals surface area contributed by atoms with Crippen molar-refractivity contribution >= 4 is 10.0 Å². The van der Waals surface area contributed by atoms with Gasteiger partial charge < -0.3 is 10.2 Å². The van der Waals surface area contributed by atoms with Gasteiger partial charge in [-0.15, -0.1) is 0 Å². The van der Waals surface area contributed by atoms with Gasteiger partial charge in [0.1, 0.15) is 0 Å². The normalized spacial score (nSPS) is 18.8. The number of piperidine rings is 1. The van der Waals surface area contributed by atoms with Crippen molar-refractivity contribution in [2.75, 3.05) is 38.5 Å². The van der Waals surface area contributed by atoms with E-state index < -0.39 is 10.0 Å². The SMILES string of the molecule is CCCNCCS(=O)(=O)NC1CCN(CCC)CC1. The first kappa shape index (κ1) is 16.9. The molecule has 114 valence electrons. The summed E-state index contributed by atoms with van der Waals surface area (Å²) in [5, 5.41) is 3.12. The summed E-state index contributed by atoms with van der Waals surface area (Å²) in [5.74, 6) is 0.183. The first-order chi connectivity index (χ1) is 9.07. The van der Waals surface area contributed by atoms with Crippen LogP contribution in [0.25, 0.3) is 0 Å². The van der Waals surface area contributed by atoms with Crippen molar-refractivity contribution in [3.8, 4) is 0 Å². The predicted molar refractivity (Wildman–Crippen MR) is 79.8 cm³/mol. The fourth-order valence-corrected chi connectivity index (χ4v) is 3.69. The Hall–Kier alpha value is -0.170. The van der Waals surface area contributed by atoms with Crippen molar-refractivity contribution in [1.82, 2.24) is 14.9 Å². The van der Waals surface area contributed by atoms with Crippen LogP contribution < -0.4 is 10.0 Å². The minimum absolute atomic E-state index is 0.129. The Morgan fingerprint density at radius 2 is 1.79 bits per heavy atom. The number of nitrogens with one attached hydrogen (secondary N) is 2. The maximum absolute atomic E-state index is 11.9. The van der Waals surface area contributed by atoms with Gasteiger partial charge in [-0.25, -0.2) is 13.1 Å². The molecular weight excluding hydrogens is 262 g/mol. The molecule has 0 radical (unpaired) electrons. The summed E-state index contributed by atoms with van der Waals surface area (Å²) in [4.78, 5) is 2.41. The molecule has 19 heavy (non-hydrogen) atoms. The van der Waals surface area contributed by atoms with Gasteiger partial charge in [-0.3, -0.25) is 0 Å². The molecule has 1 rings (SSSR count). The van der Waals surface area contributed by atoms with E-state index in [1.807, 2.05) is 0 Å². The molecule has 1 aliphatic heterocycles. The number of hydrogen-bond donors (Lipinski definition) is 2. The van der Waals surface area contributed by atoms with E-state index in [4.69, 9.17) is 0 Å². The van der Waals surface area contributed by atoms with Gasteiger partial charge in [0.25, 0.3) is 0 Å². The third-order valence-corrected chi connectivity index (χ3v) is 4.88. The summed E-state index contributed by atoms with van der Waals surface area (Å²) in [5.41, 5.74) is 0. The minimum Gasteiger partial charge on any atom is -0.316 e. The Morgan fingerprint density at radius 3 is 2.37 bits per heavy atom. The van der Waals surface area contributed by atoms with E-state index in [-0.39, 0.29) is 11.8 Å². The molecule has 0 spiro atoms. The molecule has 0 unspecified atom stereocenters. The average Bonchev–Trinajstić information content (AvgIpc) is 2.37. The number of hydrogen-bond acceptors (Lipinski definition) is 4. The summed E-state index contributed by atoms with van der Waals surface area (Å²) in [6.45, 7) is 8.81. The molecule has 0 aromatic rings. The number of nitrogens with zero attached hydrogens (tertiary/aromatic N) is 1. The van der Waals surface area contributed by atoms with E-state index in [1.54, 1.807) is 0 Å². The molecule has 1 fully saturated rings. The molecule has 6 heteroatoms. The van der Waals surface area contributed by atoms with Gasteiger partial charge in [-0.2, -0.15) is 0 Å². The third kappa shape index (κ3) is 7.25. The second-order valence-electron chi connectivity index (χ2n) is 5.30. The van der Waals surface area contributed by atoms with Crippen LogP contribution in [0, 0.1) is 0 Å². The quantitative estimate of drug-likeness (QED) is 0.616. The molecule has 0 saturated carbocycles. The molecule has 1 heterocycles. The standard InChI is InChI=1S/C13H29N3O2S/c1-3-7-14-8-12-19(17,18)15-13-5-10-16(9-4-2)11-6-13/h13-15H,3-12H2,1-2H3. The lowest BCUT2D eigenvalue weighted by molar-refractivity contribution is 0.208. The molecule has 0 bridgehead atoms. The topological polar surface area (TPSA) is 61.4 Å². The Labute approximate surface area is 118 Å². The Morgan fingerprint density at radius 1 is 1.11 bits per heavy atom. The minimum atomic E-state index is -3.12. The second-order valence-corrected chi connectivity index (χ2v) is 7.18. The van der Waals surface area contributed by atoms with E-state index >= 15 is 0 Å². The fourth-order valence-electron chi connectivity index (χ4n) is 2.41. The fraction of sp³-hybridized carbons (Fsp3) is 1.00. The zero-order valence-corrected chi connectivity index (χ0v) is 13.1. The number of rotatable bonds is 9. The highest BCUT2D eigenvalue weighted by molar-refractivity contribution is 7.89. The zero-order chi connectivity index (χ0) is 14.1. The van der Waals surface area contributed by atoms with E-state index in [2.05, 4.69) is 28.8 Å². The molecule has 0 amide bonds. The van der Waals surface area contributed by atoms with Gasteiger partial charge in [0, 0.05) is 12.6 Å². The van der Waals surface area contributed by atoms with Crippen LogP contribution in [0.5, 0.6) is 0 Å². The van der Waals surface area contributed by atoms with E-state index in [0.717, 1.165) is 45.4 Å². The van der Waals surface area contributed by atoms with Crippen molar-refractivity contribution in [2.24, 2.45) is 0 Å². The van der Waals surface area contributed by atoms with Crippen molar-refractivity contribution in [3.63, 3.8) is 0 Å². The molecule has 1 saturated heterocycles. The van der Waals surface area contributed by atoms with Gasteiger partial charge >= 0.3 is 0 Å². The number of sulfonamides is 1. The Bertz CT molecular complexity index is 325. The first-order valence-electron chi connectivity index (χ1n) is 7.50. The first-order valence-corrected chi connectivity index (χ1v) is 9.15. The molecule has 0 aromatic carbocycles. The summed E-state index contributed by atoms with van der Waals surface area (Å²) >= 11 is 0. The zero-order valence-electron chi connectivity index (χ0n) is 12.3. The van der Waals surface area contributed by atoms with Crippen LogP contribution in [0.15, 0.2) is 0 Å². The third-order valence-electron chi connectivity index (χ3n) is 3.45. The van der Waals surface area contributed by atoms with Crippen molar-refractivity contribution in [1.29, 1.82) is 0 Å². The van der Waals surface area contributed by atoms with Gasteiger partial charge in [0.15, 0.2) is 0 Å². The lowest BCUT2D eigenvalue weighted by Gasteiger charge is -2.31. The maximum atomic E-state index is 11.9. The number of likely N-dealkylation sites (tertiary alicyclic amines) is 1. The van der Waals surface area contributed by atoms with Crippen LogP contribution in [-0.4, -0.2) is 57.8 Å². The molecule has 1 aliphatic rings. The van der Waals surface area contributed by atoms with Gasteiger partial charge in [0.2, 0.25) is 10.0 Å². The summed E-state index contributed by atoms with van der Waals surface area (Å²) in [6, 6.07) is 0.129. The summed E-state index contributed by atoms with van der Waals surface area (Å²) < 4.78 is 26.6. The largest absolute Gasteiger partial charge is 0.316 e. The van der Waals surface area contributed by atoms with Crippen molar-refractivity contribution in [3.05, 3.63) is 0 Å². The molecular formula is C13H29N3O2S. The predicted octanol–water partition coefficient (Wildman–Crippen LogP) is 0.780. The van der Waals surface area contributed by atoms with E-state index in [9.17, 15) is 8.42 Å². The summed E-state index contributed by atoms with van der Waals surface area (Å²) in [7, 11) is -3.12. The van der Waals surface area contributed by atoms with Crippen molar-refractivity contribution in [2.45, 2.75) is 45.6 Å². The maximum Gasteiger partial charge on any atom is 0.213 e. The Kier molecular flexibility index (Phi) is 7.90. The summed E-state index contributed by atoms with van der Waals surface area (Å²) in [6.07, 6.45) is 4.06.